The Labute approximate surface area is 121 Å². The lowest BCUT2D eigenvalue weighted by atomic mass is 10.3. The molecule has 108 valence electrons. The summed E-state index contributed by atoms with van der Waals surface area (Å²) in [6.07, 6.45) is 1.63. The van der Waals surface area contributed by atoms with Crippen LogP contribution in [0.4, 0.5) is 0 Å². The molecule has 0 fully saturated rings. The molecule has 0 bridgehead atoms. The summed E-state index contributed by atoms with van der Waals surface area (Å²) in [4.78, 5) is 4.06. The van der Waals surface area contributed by atoms with Gasteiger partial charge in [0, 0.05) is 17.6 Å². The summed E-state index contributed by atoms with van der Waals surface area (Å²) in [5.41, 5.74) is 0. The van der Waals surface area contributed by atoms with Gasteiger partial charge in [0.05, 0.1) is 20.8 Å². The fourth-order valence-electron chi connectivity index (χ4n) is 1.57. The minimum atomic E-state index is -3.70. The van der Waals surface area contributed by atoms with Gasteiger partial charge in [-0.1, -0.05) is 0 Å². The number of methoxy groups -OCH3 is 2. The first kappa shape index (κ1) is 14.8. The molecule has 0 radical (unpaired) electrons. The summed E-state index contributed by atoms with van der Waals surface area (Å²) in [6, 6.07) is 4.61. The molecular weight excluding hydrogens is 300 g/mol. The van der Waals surface area contributed by atoms with Gasteiger partial charge in [-0.15, -0.1) is 11.3 Å². The monoisotopic (exact) mass is 314 g/mol. The van der Waals surface area contributed by atoms with Crippen molar-refractivity contribution in [3.8, 4) is 11.5 Å². The van der Waals surface area contributed by atoms with Crippen molar-refractivity contribution in [2.45, 2.75) is 11.4 Å². The Morgan fingerprint density at radius 1 is 1.30 bits per heavy atom. The summed E-state index contributed by atoms with van der Waals surface area (Å²) in [5, 5.41) is 2.48. The van der Waals surface area contributed by atoms with E-state index in [1.807, 2.05) is 0 Å². The van der Waals surface area contributed by atoms with Gasteiger partial charge < -0.3 is 9.47 Å². The summed E-state index contributed by atoms with van der Waals surface area (Å²) >= 11 is 1.38. The predicted octanol–water partition coefficient (Wildman–Crippen LogP) is 1.64. The van der Waals surface area contributed by atoms with Crippen LogP contribution in [0.3, 0.4) is 0 Å². The highest BCUT2D eigenvalue weighted by molar-refractivity contribution is 7.89. The van der Waals surface area contributed by atoms with Crippen LogP contribution < -0.4 is 14.2 Å². The van der Waals surface area contributed by atoms with Crippen LogP contribution in [-0.2, 0) is 16.6 Å². The summed E-state index contributed by atoms with van der Waals surface area (Å²) in [6.45, 7) is 0.139. The fraction of sp³-hybridized carbons (Fsp3) is 0.250. The van der Waals surface area contributed by atoms with Crippen molar-refractivity contribution in [3.63, 3.8) is 0 Å². The van der Waals surface area contributed by atoms with Gasteiger partial charge in [0.15, 0.2) is 0 Å². The summed E-state index contributed by atoms with van der Waals surface area (Å²) in [7, 11) is -0.808. The maximum absolute atomic E-state index is 12.3. The maximum Gasteiger partial charge on any atom is 0.244 e. The van der Waals surface area contributed by atoms with Crippen LogP contribution in [0.5, 0.6) is 11.5 Å². The van der Waals surface area contributed by atoms with Gasteiger partial charge in [0.2, 0.25) is 10.0 Å². The Balaban J connectivity index is 2.28. The molecular formula is C12H14N2O4S2. The zero-order valence-corrected chi connectivity index (χ0v) is 12.6. The first-order valence-corrected chi connectivity index (χ1v) is 8.03. The quantitative estimate of drug-likeness (QED) is 0.877. The Morgan fingerprint density at radius 3 is 2.70 bits per heavy atom. The lowest BCUT2D eigenvalue weighted by Gasteiger charge is -2.11. The predicted molar refractivity (Wildman–Crippen MR) is 75.7 cm³/mol. The molecule has 2 aromatic rings. The standard InChI is InChI=1S/C12H14N2O4S2/c1-17-9-3-4-10(18-2)11(7-9)20(15,16)14-8-12-13-5-6-19-12/h3-7,14H,8H2,1-2H3. The lowest BCUT2D eigenvalue weighted by Crippen LogP contribution is -2.23. The van der Waals surface area contributed by atoms with E-state index in [2.05, 4.69) is 9.71 Å². The van der Waals surface area contributed by atoms with Crippen molar-refractivity contribution >= 4 is 21.4 Å². The van der Waals surface area contributed by atoms with E-state index < -0.39 is 10.0 Å². The Bertz CT molecular complexity index is 669. The second kappa shape index (κ2) is 6.21. The molecule has 1 N–H and O–H groups in total. The number of aromatic nitrogens is 1. The van der Waals surface area contributed by atoms with E-state index in [4.69, 9.17) is 9.47 Å². The molecule has 20 heavy (non-hydrogen) atoms. The first-order chi connectivity index (χ1) is 9.56. The molecule has 0 amide bonds. The molecule has 0 saturated carbocycles. The highest BCUT2D eigenvalue weighted by Gasteiger charge is 2.20. The van der Waals surface area contributed by atoms with Gasteiger partial charge in [-0.3, -0.25) is 0 Å². The minimum absolute atomic E-state index is 0.0379. The van der Waals surface area contributed by atoms with Crippen molar-refractivity contribution in [2.24, 2.45) is 0 Å². The zero-order valence-electron chi connectivity index (χ0n) is 11.0. The number of nitrogens with one attached hydrogen (secondary N) is 1. The van der Waals surface area contributed by atoms with Crippen molar-refractivity contribution in [1.82, 2.24) is 9.71 Å². The Kier molecular flexibility index (Phi) is 4.58. The molecule has 1 aromatic heterocycles. The van der Waals surface area contributed by atoms with Gasteiger partial charge in [-0.2, -0.15) is 0 Å². The highest BCUT2D eigenvalue weighted by atomic mass is 32.2. The third-order valence-corrected chi connectivity index (χ3v) is 4.76. The number of thiazole rings is 1. The number of ether oxygens (including phenoxy) is 2. The van der Waals surface area contributed by atoms with Gasteiger partial charge in [0.25, 0.3) is 0 Å². The lowest BCUT2D eigenvalue weighted by molar-refractivity contribution is 0.392. The van der Waals surface area contributed by atoms with Crippen LogP contribution in [-0.4, -0.2) is 27.6 Å². The third-order valence-electron chi connectivity index (χ3n) is 2.56. The summed E-state index contributed by atoms with van der Waals surface area (Å²) in [5.74, 6) is 0.706. The average molecular weight is 314 g/mol. The van der Waals surface area contributed by atoms with E-state index in [1.165, 1.54) is 31.6 Å². The Hall–Kier alpha value is -1.64. The number of benzene rings is 1. The minimum Gasteiger partial charge on any atom is -0.497 e. The molecule has 0 aliphatic heterocycles. The van der Waals surface area contributed by atoms with Crippen LogP contribution in [0, 0.1) is 0 Å². The maximum atomic E-state index is 12.3. The fourth-order valence-corrected chi connectivity index (χ4v) is 3.39. The number of rotatable bonds is 6. The molecule has 0 saturated heterocycles. The summed E-state index contributed by atoms with van der Waals surface area (Å²) < 4.78 is 37.2. The molecule has 0 aliphatic rings. The normalized spacial score (nSPS) is 11.3. The zero-order chi connectivity index (χ0) is 14.6. The number of nitrogens with zero attached hydrogens (tertiary/aromatic N) is 1. The van der Waals surface area contributed by atoms with Gasteiger partial charge in [-0.05, 0) is 12.1 Å². The van der Waals surface area contributed by atoms with Crippen molar-refractivity contribution in [3.05, 3.63) is 34.8 Å². The van der Waals surface area contributed by atoms with Crippen LogP contribution >= 0.6 is 11.3 Å². The topological polar surface area (TPSA) is 77.5 Å². The van der Waals surface area contributed by atoms with E-state index in [1.54, 1.807) is 23.7 Å². The van der Waals surface area contributed by atoms with E-state index in [0.29, 0.717) is 10.8 Å². The SMILES string of the molecule is COc1ccc(OC)c(S(=O)(=O)NCc2nccs2)c1. The number of sulfonamides is 1. The van der Waals surface area contributed by atoms with Gasteiger partial charge in [-0.25, -0.2) is 18.1 Å². The van der Waals surface area contributed by atoms with E-state index in [0.717, 1.165) is 0 Å². The molecule has 0 unspecified atom stereocenters. The molecule has 6 nitrogen and oxygen atoms in total. The molecule has 2 rings (SSSR count). The Morgan fingerprint density at radius 2 is 2.10 bits per heavy atom. The second-order valence-electron chi connectivity index (χ2n) is 3.77. The van der Waals surface area contributed by atoms with Crippen LogP contribution in [0.2, 0.25) is 0 Å². The average Bonchev–Trinajstić information content (AvgIpc) is 2.98. The van der Waals surface area contributed by atoms with E-state index in [9.17, 15) is 8.42 Å². The second-order valence-corrected chi connectivity index (χ2v) is 6.48. The molecule has 8 heteroatoms. The number of hydrogen-bond acceptors (Lipinski definition) is 6. The third kappa shape index (κ3) is 3.27. The van der Waals surface area contributed by atoms with Crippen LogP contribution in [0.1, 0.15) is 5.01 Å². The van der Waals surface area contributed by atoms with Crippen molar-refractivity contribution in [1.29, 1.82) is 0 Å². The van der Waals surface area contributed by atoms with Crippen molar-refractivity contribution < 1.29 is 17.9 Å². The number of hydrogen-bond donors (Lipinski definition) is 1. The molecule has 0 spiro atoms. The molecule has 0 aliphatic carbocycles. The van der Waals surface area contributed by atoms with Crippen LogP contribution in [0.25, 0.3) is 0 Å². The highest BCUT2D eigenvalue weighted by Crippen LogP contribution is 2.28. The molecule has 0 atom stereocenters. The molecule has 1 aromatic carbocycles. The smallest absolute Gasteiger partial charge is 0.244 e. The van der Waals surface area contributed by atoms with Crippen LogP contribution in [0.15, 0.2) is 34.7 Å². The first-order valence-electron chi connectivity index (χ1n) is 5.67. The van der Waals surface area contributed by atoms with Gasteiger partial charge >= 0.3 is 0 Å². The molecule has 1 heterocycles. The van der Waals surface area contributed by atoms with E-state index in [-0.39, 0.29) is 17.2 Å². The van der Waals surface area contributed by atoms with E-state index >= 15 is 0 Å². The largest absolute Gasteiger partial charge is 0.497 e. The van der Waals surface area contributed by atoms with Gasteiger partial charge in [0.1, 0.15) is 21.4 Å². The van der Waals surface area contributed by atoms with Crippen molar-refractivity contribution in [2.75, 3.05) is 14.2 Å².